The average molecular weight is 468 g/mol. The molecule has 0 saturated carbocycles. The van der Waals surface area contributed by atoms with Gasteiger partial charge in [0.2, 0.25) is 0 Å². The van der Waals surface area contributed by atoms with Gasteiger partial charge in [-0.2, -0.15) is 0 Å². The summed E-state index contributed by atoms with van der Waals surface area (Å²) in [7, 11) is 0. The van der Waals surface area contributed by atoms with Gasteiger partial charge in [-0.05, 0) is 60.0 Å². The maximum atomic E-state index is 13.1. The number of piperazine rings is 1. The summed E-state index contributed by atoms with van der Waals surface area (Å²) in [5.74, 6) is -1.37. The summed E-state index contributed by atoms with van der Waals surface area (Å²) in [5.41, 5.74) is 1.75. The van der Waals surface area contributed by atoms with E-state index in [1.165, 1.54) is 35.6 Å². The zero-order valence-electron chi connectivity index (χ0n) is 17.7. The number of anilines is 2. The highest BCUT2D eigenvalue weighted by Crippen LogP contribution is 2.18. The predicted octanol–water partition coefficient (Wildman–Crippen LogP) is 3.65. The van der Waals surface area contributed by atoms with Crippen molar-refractivity contribution in [3.63, 3.8) is 0 Å². The van der Waals surface area contributed by atoms with Crippen molar-refractivity contribution in [2.75, 3.05) is 43.0 Å². The first-order valence-corrected chi connectivity index (χ1v) is 11.3. The lowest BCUT2D eigenvalue weighted by molar-refractivity contribution is -0.134. The molecule has 0 bridgehead atoms. The van der Waals surface area contributed by atoms with Crippen molar-refractivity contribution in [3.8, 4) is 0 Å². The normalized spacial score (nSPS) is 13.5. The number of halogens is 1. The number of amides is 2. The molecule has 0 atom stereocenters. The molecule has 2 amide bonds. The Hall–Kier alpha value is -3.72. The number of esters is 1. The van der Waals surface area contributed by atoms with Crippen LogP contribution in [0.1, 0.15) is 20.0 Å². The highest BCUT2D eigenvalue weighted by atomic mass is 32.1. The fourth-order valence-electron chi connectivity index (χ4n) is 3.46. The minimum atomic E-state index is -0.607. The lowest BCUT2D eigenvalue weighted by Gasteiger charge is -2.36. The Morgan fingerprint density at radius 2 is 1.64 bits per heavy atom. The van der Waals surface area contributed by atoms with Crippen LogP contribution in [-0.2, 0) is 9.53 Å². The summed E-state index contributed by atoms with van der Waals surface area (Å²) in [6, 6.07) is 16.1. The average Bonchev–Trinajstić information content (AvgIpc) is 3.39. The second-order valence-electron chi connectivity index (χ2n) is 7.43. The molecule has 0 radical (unpaired) electrons. The van der Waals surface area contributed by atoms with E-state index in [0.29, 0.717) is 36.7 Å². The minimum Gasteiger partial charge on any atom is -0.452 e. The number of hydrogen-bond acceptors (Lipinski definition) is 6. The molecule has 33 heavy (non-hydrogen) atoms. The molecule has 7 nitrogen and oxygen atoms in total. The van der Waals surface area contributed by atoms with E-state index < -0.39 is 5.97 Å². The maximum absolute atomic E-state index is 13.1. The Bertz CT molecular complexity index is 1110. The molecule has 170 valence electrons. The SMILES string of the molecule is O=C(OCC(=O)N1CCN(c2ccc(F)cc2)CC1)c1ccc(NC(=O)c2cccs2)cc1. The Labute approximate surface area is 194 Å². The molecule has 2 heterocycles. The van der Waals surface area contributed by atoms with E-state index >= 15 is 0 Å². The van der Waals surface area contributed by atoms with Gasteiger partial charge in [0.15, 0.2) is 6.61 Å². The Kier molecular flexibility index (Phi) is 6.99. The number of benzene rings is 2. The summed E-state index contributed by atoms with van der Waals surface area (Å²) >= 11 is 1.34. The van der Waals surface area contributed by atoms with E-state index in [4.69, 9.17) is 4.74 Å². The van der Waals surface area contributed by atoms with E-state index in [1.54, 1.807) is 41.3 Å². The molecule has 0 spiro atoms. The maximum Gasteiger partial charge on any atom is 0.338 e. The molecule has 1 saturated heterocycles. The minimum absolute atomic E-state index is 0.217. The summed E-state index contributed by atoms with van der Waals surface area (Å²) in [5, 5.41) is 4.58. The van der Waals surface area contributed by atoms with E-state index in [-0.39, 0.29) is 29.8 Å². The molecule has 0 aliphatic carbocycles. The van der Waals surface area contributed by atoms with Crippen LogP contribution in [0.4, 0.5) is 15.8 Å². The number of hydrogen-bond donors (Lipinski definition) is 1. The first kappa shape index (κ1) is 22.5. The Balaban J connectivity index is 1.22. The van der Waals surface area contributed by atoms with Crippen molar-refractivity contribution in [1.82, 2.24) is 4.90 Å². The molecule has 4 rings (SSSR count). The number of carbonyl (C=O) groups is 3. The first-order valence-electron chi connectivity index (χ1n) is 10.4. The molecule has 9 heteroatoms. The number of carbonyl (C=O) groups excluding carboxylic acids is 3. The smallest absolute Gasteiger partial charge is 0.338 e. The summed E-state index contributed by atoms with van der Waals surface area (Å²) in [6.07, 6.45) is 0. The quantitative estimate of drug-likeness (QED) is 0.560. The lowest BCUT2D eigenvalue weighted by atomic mass is 10.2. The first-order chi connectivity index (χ1) is 16.0. The van der Waals surface area contributed by atoms with E-state index in [2.05, 4.69) is 10.2 Å². The van der Waals surface area contributed by atoms with E-state index in [1.807, 2.05) is 5.38 Å². The van der Waals surface area contributed by atoms with Crippen molar-refractivity contribution in [2.24, 2.45) is 0 Å². The highest BCUT2D eigenvalue weighted by molar-refractivity contribution is 7.12. The lowest BCUT2D eigenvalue weighted by Crippen LogP contribution is -2.49. The molecule has 1 N–H and O–H groups in total. The summed E-state index contributed by atoms with van der Waals surface area (Å²) in [6.45, 7) is 1.87. The predicted molar refractivity (Wildman–Crippen MR) is 124 cm³/mol. The van der Waals surface area contributed by atoms with Crippen molar-refractivity contribution in [3.05, 3.63) is 82.3 Å². The molecule has 0 unspecified atom stereocenters. The van der Waals surface area contributed by atoms with Crippen LogP contribution in [0.3, 0.4) is 0 Å². The summed E-state index contributed by atoms with van der Waals surface area (Å²) in [4.78, 5) is 41.1. The number of ether oxygens (including phenoxy) is 1. The monoisotopic (exact) mass is 467 g/mol. The van der Waals surface area contributed by atoms with Crippen molar-refractivity contribution in [1.29, 1.82) is 0 Å². The van der Waals surface area contributed by atoms with Crippen LogP contribution in [0.5, 0.6) is 0 Å². The zero-order valence-corrected chi connectivity index (χ0v) is 18.5. The standard InChI is InChI=1S/C24H22FN3O4S/c25-18-5-9-20(10-6-18)27-11-13-28(14-12-27)22(29)16-32-24(31)17-3-7-19(8-4-17)26-23(30)21-2-1-15-33-21/h1-10,15H,11-14,16H2,(H,26,30). The fraction of sp³-hybridized carbons (Fsp3) is 0.208. The largest absolute Gasteiger partial charge is 0.452 e. The van der Waals surface area contributed by atoms with Gasteiger partial charge in [-0.1, -0.05) is 6.07 Å². The molecular formula is C24H22FN3O4S. The van der Waals surface area contributed by atoms with Crippen molar-refractivity contribution < 1.29 is 23.5 Å². The number of nitrogens with zero attached hydrogens (tertiary/aromatic N) is 2. The van der Waals surface area contributed by atoms with Gasteiger partial charge < -0.3 is 19.9 Å². The molecule has 1 fully saturated rings. The fourth-order valence-corrected chi connectivity index (χ4v) is 4.08. The van der Waals surface area contributed by atoms with Gasteiger partial charge >= 0.3 is 5.97 Å². The molecule has 1 aromatic heterocycles. The third-order valence-corrected chi connectivity index (χ3v) is 6.14. The molecule has 2 aromatic carbocycles. The topological polar surface area (TPSA) is 79.0 Å². The van der Waals surface area contributed by atoms with Crippen LogP contribution in [-0.4, -0.2) is 55.5 Å². The van der Waals surface area contributed by atoms with Crippen LogP contribution in [0, 0.1) is 5.82 Å². The number of nitrogens with one attached hydrogen (secondary N) is 1. The highest BCUT2D eigenvalue weighted by Gasteiger charge is 2.22. The zero-order chi connectivity index (χ0) is 23.2. The molecule has 3 aromatic rings. The van der Waals surface area contributed by atoms with Gasteiger partial charge in [-0.25, -0.2) is 9.18 Å². The van der Waals surface area contributed by atoms with Crippen LogP contribution in [0.15, 0.2) is 66.0 Å². The van der Waals surface area contributed by atoms with Crippen LogP contribution in [0.25, 0.3) is 0 Å². The van der Waals surface area contributed by atoms with Crippen LogP contribution in [0.2, 0.25) is 0 Å². The number of rotatable bonds is 6. The third kappa shape index (κ3) is 5.75. The second-order valence-corrected chi connectivity index (χ2v) is 8.38. The van der Waals surface area contributed by atoms with Gasteiger partial charge in [-0.3, -0.25) is 9.59 Å². The third-order valence-electron chi connectivity index (χ3n) is 5.27. The van der Waals surface area contributed by atoms with Gasteiger partial charge in [0.25, 0.3) is 11.8 Å². The van der Waals surface area contributed by atoms with Gasteiger partial charge in [-0.15, -0.1) is 11.3 Å². The van der Waals surface area contributed by atoms with Crippen LogP contribution >= 0.6 is 11.3 Å². The van der Waals surface area contributed by atoms with Gasteiger partial charge in [0.1, 0.15) is 5.82 Å². The number of thiophene rings is 1. The van der Waals surface area contributed by atoms with Crippen LogP contribution < -0.4 is 10.2 Å². The van der Waals surface area contributed by atoms with E-state index in [9.17, 15) is 18.8 Å². The molecule has 1 aliphatic heterocycles. The Morgan fingerprint density at radius 1 is 0.939 bits per heavy atom. The van der Waals surface area contributed by atoms with E-state index in [0.717, 1.165) is 5.69 Å². The summed E-state index contributed by atoms with van der Waals surface area (Å²) < 4.78 is 18.3. The van der Waals surface area contributed by atoms with Gasteiger partial charge in [0.05, 0.1) is 10.4 Å². The molecule has 1 aliphatic rings. The molecular weight excluding hydrogens is 445 g/mol. The Morgan fingerprint density at radius 3 is 2.27 bits per heavy atom. The second kappa shape index (κ2) is 10.3. The van der Waals surface area contributed by atoms with Crippen molar-refractivity contribution >= 4 is 40.5 Å². The van der Waals surface area contributed by atoms with Gasteiger partial charge in [0, 0.05) is 37.6 Å². The van der Waals surface area contributed by atoms with Crippen molar-refractivity contribution in [2.45, 2.75) is 0 Å².